The zero-order chi connectivity index (χ0) is 32.2. The van der Waals surface area contributed by atoms with Gasteiger partial charge in [-0.15, -0.1) is 17.5 Å². The first-order chi connectivity index (χ1) is 21.6. The number of fused-ring (bicyclic) bond motifs is 3. The zero-order valence-electron chi connectivity index (χ0n) is 25.7. The number of carbonyl (C=O) groups is 2. The molecule has 2 unspecified atom stereocenters. The highest BCUT2D eigenvalue weighted by molar-refractivity contribution is 7.92. The molecular formula is C34H42ClN3O6S. The van der Waals surface area contributed by atoms with Crippen molar-refractivity contribution in [2.75, 3.05) is 37.5 Å². The van der Waals surface area contributed by atoms with E-state index in [2.05, 4.69) is 34.6 Å². The third kappa shape index (κ3) is 7.23. The summed E-state index contributed by atoms with van der Waals surface area (Å²) in [4.78, 5) is 27.2. The van der Waals surface area contributed by atoms with E-state index >= 15 is 0 Å². The topological polar surface area (TPSA) is 118 Å². The van der Waals surface area contributed by atoms with Gasteiger partial charge in [0.15, 0.2) is 0 Å². The van der Waals surface area contributed by atoms with Crippen LogP contribution in [0.25, 0.3) is 0 Å². The second kappa shape index (κ2) is 14.0. The number of unbranched alkanes of at least 4 members (excludes halogenated alkanes) is 1. The highest BCUT2D eigenvalue weighted by Gasteiger charge is 2.44. The van der Waals surface area contributed by atoms with Crippen molar-refractivity contribution in [3.05, 3.63) is 83.4 Å². The number of nitrogens with zero attached hydrogens (tertiary/aromatic N) is 2. The van der Waals surface area contributed by atoms with Crippen LogP contribution in [0.5, 0.6) is 5.75 Å². The predicted octanol–water partition coefficient (Wildman–Crippen LogP) is 6.80. The number of allylic oxidation sites excluding steroid dienone is 1. The molecule has 1 saturated carbocycles. The van der Waals surface area contributed by atoms with Gasteiger partial charge in [0.25, 0.3) is 5.91 Å². The summed E-state index contributed by atoms with van der Waals surface area (Å²) >= 11 is 6.40. The van der Waals surface area contributed by atoms with E-state index in [1.165, 1.54) is 11.1 Å². The SMILES string of the molecule is C=CCCCS(=O)(=NC(=O)c1ccc2c(c1)N(C[C@@H]1CC[C@H]1C(C=C)OC)C[C@@]1(CCCc3cc(Cl)ccc31)CO2)NC(=O)O. The maximum Gasteiger partial charge on any atom is 0.417 e. The minimum atomic E-state index is -3.55. The lowest BCUT2D eigenvalue weighted by atomic mass is 9.68. The number of carbonyl (C=O) groups excluding carboxylic acids is 1. The van der Waals surface area contributed by atoms with Crippen LogP contribution < -0.4 is 14.4 Å². The maximum atomic E-state index is 13.5. The summed E-state index contributed by atoms with van der Waals surface area (Å²) in [5, 5.41) is 10.0. The van der Waals surface area contributed by atoms with Gasteiger partial charge in [-0.3, -0.25) is 4.79 Å². The summed E-state index contributed by atoms with van der Waals surface area (Å²) in [5.41, 5.74) is 3.17. The molecule has 2 aromatic rings. The number of carboxylic acid groups (broad SMARTS) is 1. The molecule has 0 aromatic heterocycles. The standard InChI is InChI=1S/C34H42ClN3O6S/c1-4-6-7-17-45(42,37-33(40)41)36-32(39)24-11-15-31-29(19-24)38(20-25-10-13-27(25)30(5-2)43-3)21-34(22-44-31)16-8-9-23-18-26(35)12-14-28(23)34/h4-5,11-12,14-15,18-19,25,27,30H,1-2,6-10,13,16-17,20-22H2,3H3,(H,40,41)(H,36,37,39,42)/t25-,27+,30?,34-,45?/m0/s1. The zero-order valence-corrected chi connectivity index (χ0v) is 27.3. The van der Waals surface area contributed by atoms with Gasteiger partial charge in [0, 0.05) is 36.2 Å². The van der Waals surface area contributed by atoms with Crippen LogP contribution in [0.3, 0.4) is 0 Å². The van der Waals surface area contributed by atoms with Crippen molar-refractivity contribution in [2.45, 2.75) is 56.5 Å². The monoisotopic (exact) mass is 655 g/mol. The molecule has 242 valence electrons. The molecule has 1 fully saturated rings. The van der Waals surface area contributed by atoms with Gasteiger partial charge in [0.1, 0.15) is 15.7 Å². The number of ether oxygens (including phenoxy) is 2. The molecule has 0 saturated heterocycles. The van der Waals surface area contributed by atoms with E-state index in [1.54, 1.807) is 31.4 Å². The minimum absolute atomic E-state index is 0.0411. The minimum Gasteiger partial charge on any atom is -0.490 e. The normalized spacial score (nSPS) is 24.0. The van der Waals surface area contributed by atoms with Crippen molar-refractivity contribution >= 4 is 39.2 Å². The molecule has 1 heterocycles. The van der Waals surface area contributed by atoms with E-state index < -0.39 is 21.9 Å². The van der Waals surface area contributed by atoms with Crippen molar-refractivity contribution in [3.8, 4) is 5.75 Å². The van der Waals surface area contributed by atoms with Crippen LogP contribution in [0.4, 0.5) is 10.5 Å². The van der Waals surface area contributed by atoms with Gasteiger partial charge in [-0.05, 0) is 98.2 Å². The summed E-state index contributed by atoms with van der Waals surface area (Å²) in [6.07, 6.45) is 7.87. The van der Waals surface area contributed by atoms with Crippen LogP contribution in [0, 0.1) is 11.8 Å². The second-order valence-electron chi connectivity index (χ2n) is 12.3. The van der Waals surface area contributed by atoms with Gasteiger partial charge in [0.2, 0.25) is 0 Å². The average Bonchev–Trinajstić information content (AvgIpc) is 3.14. The maximum absolute atomic E-state index is 13.5. The Morgan fingerprint density at radius 1 is 1.29 bits per heavy atom. The van der Waals surface area contributed by atoms with Gasteiger partial charge in [0.05, 0.1) is 24.2 Å². The first-order valence-electron chi connectivity index (χ1n) is 15.5. The van der Waals surface area contributed by atoms with E-state index in [-0.39, 0.29) is 22.8 Å². The molecule has 0 radical (unpaired) electrons. The summed E-state index contributed by atoms with van der Waals surface area (Å²) in [5.74, 6) is 0.477. The molecule has 3 aliphatic rings. The van der Waals surface area contributed by atoms with E-state index in [4.69, 9.17) is 21.1 Å². The molecule has 2 amide bonds. The number of anilines is 1. The summed E-state index contributed by atoms with van der Waals surface area (Å²) in [7, 11) is -1.83. The number of nitrogens with one attached hydrogen (secondary N) is 1. The number of amides is 2. The molecule has 2 aliphatic carbocycles. The van der Waals surface area contributed by atoms with Gasteiger partial charge in [-0.1, -0.05) is 29.8 Å². The lowest BCUT2D eigenvalue weighted by Gasteiger charge is -2.46. The third-order valence-corrected chi connectivity index (χ3v) is 11.5. The summed E-state index contributed by atoms with van der Waals surface area (Å²) < 4.78 is 31.6. The molecule has 9 nitrogen and oxygen atoms in total. The van der Waals surface area contributed by atoms with Crippen LogP contribution in [0.15, 0.2) is 66.1 Å². The van der Waals surface area contributed by atoms with Gasteiger partial charge in [-0.25, -0.2) is 13.7 Å². The summed E-state index contributed by atoms with van der Waals surface area (Å²) in [6, 6.07) is 11.2. The fraction of sp³-hybridized carbons (Fsp3) is 0.471. The van der Waals surface area contributed by atoms with E-state index in [1.807, 2.05) is 16.9 Å². The number of methoxy groups -OCH3 is 1. The Kier molecular flexibility index (Phi) is 10.3. The van der Waals surface area contributed by atoms with E-state index in [9.17, 15) is 18.9 Å². The molecule has 0 bridgehead atoms. The molecular weight excluding hydrogens is 614 g/mol. The van der Waals surface area contributed by atoms with Crippen molar-refractivity contribution < 1.29 is 28.4 Å². The molecule has 45 heavy (non-hydrogen) atoms. The highest BCUT2D eigenvalue weighted by Crippen LogP contribution is 2.47. The first kappa shape index (κ1) is 33.0. The smallest absolute Gasteiger partial charge is 0.417 e. The fourth-order valence-corrected chi connectivity index (χ4v) is 8.73. The number of halogens is 1. The highest BCUT2D eigenvalue weighted by atomic mass is 35.5. The molecule has 2 aromatic carbocycles. The van der Waals surface area contributed by atoms with Crippen LogP contribution in [0.2, 0.25) is 5.02 Å². The van der Waals surface area contributed by atoms with Gasteiger partial charge >= 0.3 is 6.09 Å². The Morgan fingerprint density at radius 2 is 2.11 bits per heavy atom. The summed E-state index contributed by atoms with van der Waals surface area (Å²) in [6.45, 7) is 9.51. The van der Waals surface area contributed by atoms with E-state index in [0.29, 0.717) is 43.6 Å². The number of rotatable bonds is 11. The van der Waals surface area contributed by atoms with E-state index in [0.717, 1.165) is 49.4 Å². The Balaban J connectivity index is 1.53. The van der Waals surface area contributed by atoms with Crippen molar-refractivity contribution in [1.29, 1.82) is 0 Å². The molecule has 1 spiro atoms. The molecule has 2 N–H and O–H groups in total. The van der Waals surface area contributed by atoms with Crippen LogP contribution in [-0.4, -0.2) is 60.0 Å². The van der Waals surface area contributed by atoms with Crippen molar-refractivity contribution in [2.24, 2.45) is 16.2 Å². The lowest BCUT2D eigenvalue weighted by Crippen LogP contribution is -2.49. The van der Waals surface area contributed by atoms with Crippen LogP contribution in [0.1, 0.15) is 60.0 Å². The molecule has 5 rings (SSSR count). The lowest BCUT2D eigenvalue weighted by molar-refractivity contribution is 0.0135. The van der Waals surface area contributed by atoms with Crippen molar-refractivity contribution in [3.63, 3.8) is 0 Å². The quantitative estimate of drug-likeness (QED) is 0.202. The fourth-order valence-electron chi connectivity index (χ4n) is 7.10. The number of hydrogen-bond donors (Lipinski definition) is 2. The van der Waals surface area contributed by atoms with Crippen LogP contribution >= 0.6 is 11.6 Å². The van der Waals surface area contributed by atoms with Crippen LogP contribution in [-0.2, 0) is 26.5 Å². The van der Waals surface area contributed by atoms with Gasteiger partial charge in [-0.2, -0.15) is 0 Å². The largest absolute Gasteiger partial charge is 0.490 e. The second-order valence-corrected chi connectivity index (χ2v) is 14.8. The molecule has 5 atom stereocenters. The average molecular weight is 656 g/mol. The number of aryl methyl sites for hydroxylation is 1. The third-order valence-electron chi connectivity index (χ3n) is 9.45. The Bertz CT molecular complexity index is 1590. The van der Waals surface area contributed by atoms with Crippen molar-refractivity contribution in [1.82, 2.24) is 4.72 Å². The molecule has 11 heteroatoms. The predicted molar refractivity (Wildman–Crippen MR) is 178 cm³/mol. The number of benzene rings is 2. The first-order valence-corrected chi connectivity index (χ1v) is 17.5. The number of hydrogen-bond acceptors (Lipinski definition) is 6. The Morgan fingerprint density at radius 3 is 2.80 bits per heavy atom. The Hall–Kier alpha value is -3.34. The molecule has 1 aliphatic heterocycles. The Labute approximate surface area is 270 Å². The van der Waals surface area contributed by atoms with Gasteiger partial charge < -0.3 is 19.5 Å².